The molecule has 4 heteroatoms. The van der Waals surface area contributed by atoms with Gasteiger partial charge in [-0.25, -0.2) is 0 Å². The Morgan fingerprint density at radius 3 is 2.89 bits per heavy atom. The number of H-pyrrole nitrogens is 1. The number of aryl methyl sites for hydroxylation is 1. The Bertz CT molecular complexity index is 758. The normalized spacial score (nSPS) is 11.0. The van der Waals surface area contributed by atoms with Crippen LogP contribution < -0.4 is 5.32 Å². The summed E-state index contributed by atoms with van der Waals surface area (Å²) in [4.78, 5) is 18.7. The minimum atomic E-state index is -0.0664. The predicted octanol–water partition coefficient (Wildman–Crippen LogP) is 2.98. The van der Waals surface area contributed by atoms with Crippen molar-refractivity contribution >= 4 is 33.4 Å². The van der Waals surface area contributed by atoms with Gasteiger partial charge in [0.25, 0.3) is 0 Å². The lowest BCUT2D eigenvalue weighted by atomic mass is 10.1. The zero-order valence-electron chi connectivity index (χ0n) is 10.2. The summed E-state index contributed by atoms with van der Waals surface area (Å²) in [5, 5.41) is 5.08. The molecule has 3 aromatic rings. The molecule has 18 heavy (non-hydrogen) atoms. The largest absolute Gasteiger partial charge is 0.353 e. The third kappa shape index (κ3) is 1.62. The van der Waals surface area contributed by atoms with Gasteiger partial charge in [0.2, 0.25) is 5.91 Å². The third-order valence-electron chi connectivity index (χ3n) is 3.03. The van der Waals surface area contributed by atoms with E-state index in [9.17, 15) is 4.79 Å². The monoisotopic (exact) mass is 239 g/mol. The number of aromatic nitrogens is 2. The van der Waals surface area contributed by atoms with Gasteiger partial charge in [0.05, 0.1) is 11.2 Å². The number of benzene rings is 1. The number of hydrogen-bond donors (Lipinski definition) is 2. The number of pyridine rings is 1. The van der Waals surface area contributed by atoms with Crippen LogP contribution in [0.3, 0.4) is 0 Å². The minimum absolute atomic E-state index is 0.0664. The average molecular weight is 239 g/mol. The number of amides is 1. The molecule has 0 spiro atoms. The van der Waals surface area contributed by atoms with Crippen molar-refractivity contribution in [2.24, 2.45) is 0 Å². The van der Waals surface area contributed by atoms with Crippen LogP contribution in [0.4, 0.5) is 5.69 Å². The van der Waals surface area contributed by atoms with E-state index in [1.165, 1.54) is 6.92 Å². The van der Waals surface area contributed by atoms with Gasteiger partial charge in [0, 0.05) is 35.1 Å². The quantitative estimate of drug-likeness (QED) is 0.685. The molecule has 0 aliphatic heterocycles. The van der Waals surface area contributed by atoms with Crippen molar-refractivity contribution in [3.63, 3.8) is 0 Å². The SMILES string of the molecule is CC(=O)Nc1ccc2c(c1)[nH]c1c(C)nccc12. The van der Waals surface area contributed by atoms with E-state index in [4.69, 9.17) is 0 Å². The van der Waals surface area contributed by atoms with Gasteiger partial charge < -0.3 is 10.3 Å². The van der Waals surface area contributed by atoms with Crippen molar-refractivity contribution in [1.29, 1.82) is 0 Å². The molecule has 0 aliphatic rings. The maximum Gasteiger partial charge on any atom is 0.221 e. The molecule has 0 fully saturated rings. The highest BCUT2D eigenvalue weighted by Gasteiger charge is 2.07. The lowest BCUT2D eigenvalue weighted by Crippen LogP contribution is -2.05. The molecule has 0 unspecified atom stereocenters. The molecule has 0 radical (unpaired) electrons. The smallest absolute Gasteiger partial charge is 0.221 e. The second-order valence-electron chi connectivity index (χ2n) is 4.39. The van der Waals surface area contributed by atoms with Crippen LogP contribution in [0.2, 0.25) is 0 Å². The van der Waals surface area contributed by atoms with Crippen molar-refractivity contribution in [2.75, 3.05) is 5.32 Å². The minimum Gasteiger partial charge on any atom is -0.353 e. The molecular formula is C14H13N3O. The number of nitrogens with one attached hydrogen (secondary N) is 2. The topological polar surface area (TPSA) is 57.8 Å². The lowest BCUT2D eigenvalue weighted by Gasteiger charge is -2.01. The molecule has 2 N–H and O–H groups in total. The third-order valence-corrected chi connectivity index (χ3v) is 3.03. The molecule has 2 aromatic heterocycles. The van der Waals surface area contributed by atoms with E-state index in [1.54, 1.807) is 0 Å². The van der Waals surface area contributed by atoms with Crippen LogP contribution in [-0.2, 0) is 4.79 Å². The maximum atomic E-state index is 11.0. The Balaban J connectivity index is 2.26. The zero-order chi connectivity index (χ0) is 12.7. The van der Waals surface area contributed by atoms with Gasteiger partial charge in [-0.15, -0.1) is 0 Å². The molecule has 1 aromatic carbocycles. The van der Waals surface area contributed by atoms with Gasteiger partial charge >= 0.3 is 0 Å². The standard InChI is InChI=1S/C14H13N3O/c1-8-14-12(5-6-15-8)11-4-3-10(16-9(2)18)7-13(11)17-14/h3-7,17H,1-2H3,(H,16,18). The molecule has 2 heterocycles. The molecule has 4 nitrogen and oxygen atoms in total. The second-order valence-corrected chi connectivity index (χ2v) is 4.39. The second kappa shape index (κ2) is 3.84. The summed E-state index contributed by atoms with van der Waals surface area (Å²) in [5.41, 5.74) is 3.83. The predicted molar refractivity (Wildman–Crippen MR) is 72.6 cm³/mol. The van der Waals surface area contributed by atoms with E-state index in [2.05, 4.69) is 15.3 Å². The maximum absolute atomic E-state index is 11.0. The van der Waals surface area contributed by atoms with Crippen LogP contribution >= 0.6 is 0 Å². The highest BCUT2D eigenvalue weighted by molar-refractivity contribution is 6.09. The van der Waals surface area contributed by atoms with Crippen LogP contribution in [0.5, 0.6) is 0 Å². The molecule has 0 aliphatic carbocycles. The van der Waals surface area contributed by atoms with E-state index >= 15 is 0 Å². The van der Waals surface area contributed by atoms with Crippen molar-refractivity contribution in [3.05, 3.63) is 36.2 Å². The summed E-state index contributed by atoms with van der Waals surface area (Å²) in [7, 11) is 0. The molecule has 0 saturated carbocycles. The summed E-state index contributed by atoms with van der Waals surface area (Å²) in [6.07, 6.45) is 1.81. The first-order valence-electron chi connectivity index (χ1n) is 5.80. The number of nitrogens with zero attached hydrogens (tertiary/aromatic N) is 1. The Kier molecular flexibility index (Phi) is 2.30. The Morgan fingerprint density at radius 1 is 1.28 bits per heavy atom. The lowest BCUT2D eigenvalue weighted by molar-refractivity contribution is -0.114. The first-order valence-corrected chi connectivity index (χ1v) is 5.80. The van der Waals surface area contributed by atoms with Crippen molar-refractivity contribution in [2.45, 2.75) is 13.8 Å². The van der Waals surface area contributed by atoms with E-state index in [0.29, 0.717) is 0 Å². The summed E-state index contributed by atoms with van der Waals surface area (Å²) >= 11 is 0. The molecule has 90 valence electrons. The molecule has 3 rings (SSSR count). The van der Waals surface area contributed by atoms with Gasteiger partial charge in [-0.1, -0.05) is 6.07 Å². The van der Waals surface area contributed by atoms with Gasteiger partial charge in [-0.3, -0.25) is 9.78 Å². The molecule has 1 amide bonds. The van der Waals surface area contributed by atoms with Crippen molar-refractivity contribution in [1.82, 2.24) is 9.97 Å². The fraction of sp³-hybridized carbons (Fsp3) is 0.143. The van der Waals surface area contributed by atoms with Gasteiger partial charge in [0.15, 0.2) is 0 Å². The van der Waals surface area contributed by atoms with Crippen LogP contribution in [0, 0.1) is 6.92 Å². The Hall–Kier alpha value is -2.36. The molecular weight excluding hydrogens is 226 g/mol. The van der Waals surface area contributed by atoms with Gasteiger partial charge in [0.1, 0.15) is 0 Å². The number of carbonyl (C=O) groups is 1. The summed E-state index contributed by atoms with van der Waals surface area (Å²) in [6.45, 7) is 3.48. The Morgan fingerprint density at radius 2 is 2.11 bits per heavy atom. The summed E-state index contributed by atoms with van der Waals surface area (Å²) in [6, 6.07) is 7.86. The number of anilines is 1. The zero-order valence-corrected chi connectivity index (χ0v) is 10.2. The fourth-order valence-corrected chi connectivity index (χ4v) is 2.25. The Labute approximate surface area is 104 Å². The van der Waals surface area contributed by atoms with E-state index in [1.807, 2.05) is 37.4 Å². The van der Waals surface area contributed by atoms with Crippen LogP contribution in [0.25, 0.3) is 21.8 Å². The molecule has 0 atom stereocenters. The number of carbonyl (C=O) groups excluding carboxylic acids is 1. The van der Waals surface area contributed by atoms with Gasteiger partial charge in [-0.05, 0) is 25.1 Å². The number of fused-ring (bicyclic) bond motifs is 3. The van der Waals surface area contributed by atoms with Crippen LogP contribution in [0.15, 0.2) is 30.5 Å². The highest BCUT2D eigenvalue weighted by atomic mass is 16.1. The molecule has 0 bridgehead atoms. The van der Waals surface area contributed by atoms with E-state index in [-0.39, 0.29) is 5.91 Å². The first kappa shape index (κ1) is 10.8. The molecule has 0 saturated heterocycles. The highest BCUT2D eigenvalue weighted by Crippen LogP contribution is 2.28. The van der Waals surface area contributed by atoms with E-state index < -0.39 is 0 Å². The summed E-state index contributed by atoms with van der Waals surface area (Å²) < 4.78 is 0. The van der Waals surface area contributed by atoms with Crippen LogP contribution in [0.1, 0.15) is 12.6 Å². The summed E-state index contributed by atoms with van der Waals surface area (Å²) in [5.74, 6) is -0.0664. The van der Waals surface area contributed by atoms with Crippen molar-refractivity contribution < 1.29 is 4.79 Å². The average Bonchev–Trinajstić information content (AvgIpc) is 2.67. The van der Waals surface area contributed by atoms with E-state index in [0.717, 1.165) is 33.2 Å². The number of rotatable bonds is 1. The van der Waals surface area contributed by atoms with Crippen LogP contribution in [-0.4, -0.2) is 15.9 Å². The van der Waals surface area contributed by atoms with Gasteiger partial charge in [-0.2, -0.15) is 0 Å². The first-order chi connectivity index (χ1) is 8.65. The fourth-order valence-electron chi connectivity index (χ4n) is 2.25. The number of aromatic amines is 1. The van der Waals surface area contributed by atoms with Crippen molar-refractivity contribution in [3.8, 4) is 0 Å². The number of hydrogen-bond acceptors (Lipinski definition) is 2.